The van der Waals surface area contributed by atoms with Crippen molar-refractivity contribution in [3.05, 3.63) is 52.6 Å². The Morgan fingerprint density at radius 1 is 1.43 bits per heavy atom. The minimum atomic E-state index is -1.33. The molecule has 1 rings (SSSR count). The van der Waals surface area contributed by atoms with Crippen molar-refractivity contribution < 1.29 is 19.6 Å². The largest absolute Gasteiger partial charge is 0.465 e. The number of hydrogen-bond donors (Lipinski definition) is 3. The topological polar surface area (TPSA) is 122 Å². The predicted octanol–water partition coefficient (Wildman–Crippen LogP) is 1.42. The lowest BCUT2D eigenvalue weighted by Gasteiger charge is -2.15. The van der Waals surface area contributed by atoms with Gasteiger partial charge in [-0.2, -0.15) is 0 Å². The molecule has 112 valence electrons. The summed E-state index contributed by atoms with van der Waals surface area (Å²) < 4.78 is 0. The van der Waals surface area contributed by atoms with E-state index in [-0.39, 0.29) is 18.7 Å². The molecule has 0 aliphatic rings. The van der Waals surface area contributed by atoms with E-state index in [0.717, 1.165) is 0 Å². The molecule has 1 atom stereocenters. The van der Waals surface area contributed by atoms with Crippen LogP contribution in [-0.2, 0) is 11.3 Å². The summed E-state index contributed by atoms with van der Waals surface area (Å²) in [6.45, 7) is 3.38. The van der Waals surface area contributed by atoms with Gasteiger partial charge in [0.1, 0.15) is 6.04 Å². The molecule has 0 aliphatic carbocycles. The normalized spacial score (nSPS) is 11.2. The van der Waals surface area contributed by atoms with E-state index in [1.54, 1.807) is 6.07 Å². The maximum atomic E-state index is 11.9. The minimum absolute atomic E-state index is 0.0646. The number of rotatable bonds is 7. The Morgan fingerprint density at radius 2 is 2.10 bits per heavy atom. The van der Waals surface area contributed by atoms with Gasteiger partial charge >= 0.3 is 6.09 Å². The maximum Gasteiger partial charge on any atom is 0.405 e. The molecule has 0 saturated carbocycles. The van der Waals surface area contributed by atoms with Crippen molar-refractivity contribution in [3.63, 3.8) is 0 Å². The van der Waals surface area contributed by atoms with Gasteiger partial charge in [0.25, 0.3) is 5.69 Å². The van der Waals surface area contributed by atoms with Crippen LogP contribution in [0.5, 0.6) is 0 Å². The van der Waals surface area contributed by atoms with Gasteiger partial charge in [0.05, 0.1) is 4.92 Å². The molecule has 0 saturated heterocycles. The van der Waals surface area contributed by atoms with Crippen LogP contribution in [0.25, 0.3) is 0 Å². The quantitative estimate of drug-likeness (QED) is 0.399. The van der Waals surface area contributed by atoms with Crippen molar-refractivity contribution in [1.29, 1.82) is 0 Å². The van der Waals surface area contributed by atoms with Crippen LogP contribution >= 0.6 is 0 Å². The fourth-order valence-electron chi connectivity index (χ4n) is 1.69. The number of nitro benzene ring substituents is 1. The Balaban J connectivity index is 2.73. The molecular formula is C13H15N3O5. The highest BCUT2D eigenvalue weighted by Crippen LogP contribution is 2.17. The first kappa shape index (κ1) is 16.2. The van der Waals surface area contributed by atoms with Gasteiger partial charge in [-0.3, -0.25) is 14.9 Å². The Kier molecular flexibility index (Phi) is 5.87. The van der Waals surface area contributed by atoms with E-state index in [1.165, 1.54) is 24.3 Å². The fourth-order valence-corrected chi connectivity index (χ4v) is 1.69. The highest BCUT2D eigenvalue weighted by atomic mass is 16.6. The molecule has 0 spiro atoms. The summed E-state index contributed by atoms with van der Waals surface area (Å²) in [5.74, 6) is -0.574. The lowest BCUT2D eigenvalue weighted by Crippen LogP contribution is -2.45. The van der Waals surface area contributed by atoms with Crippen LogP contribution in [0, 0.1) is 10.1 Å². The van der Waals surface area contributed by atoms with Crippen molar-refractivity contribution in [2.45, 2.75) is 19.0 Å². The van der Waals surface area contributed by atoms with E-state index in [9.17, 15) is 19.7 Å². The van der Waals surface area contributed by atoms with E-state index < -0.39 is 23.0 Å². The van der Waals surface area contributed by atoms with Crippen molar-refractivity contribution in [1.82, 2.24) is 10.6 Å². The number of amides is 2. The zero-order chi connectivity index (χ0) is 15.8. The molecule has 1 aromatic carbocycles. The average molecular weight is 293 g/mol. The number of para-hydroxylation sites is 1. The third kappa shape index (κ3) is 4.94. The van der Waals surface area contributed by atoms with Crippen molar-refractivity contribution >= 4 is 17.7 Å². The lowest BCUT2D eigenvalue weighted by atomic mass is 10.1. The van der Waals surface area contributed by atoms with Gasteiger partial charge < -0.3 is 15.7 Å². The van der Waals surface area contributed by atoms with Crippen LogP contribution in [0.1, 0.15) is 12.0 Å². The number of nitrogens with zero attached hydrogens (tertiary/aromatic N) is 1. The first-order valence-electron chi connectivity index (χ1n) is 6.06. The van der Waals surface area contributed by atoms with Crippen molar-refractivity contribution in [2.75, 3.05) is 0 Å². The van der Waals surface area contributed by atoms with Gasteiger partial charge in [-0.05, 0) is 6.42 Å². The molecule has 2 amide bonds. The Labute approximate surface area is 120 Å². The minimum Gasteiger partial charge on any atom is -0.465 e. The molecule has 0 bridgehead atoms. The highest BCUT2D eigenvalue weighted by molar-refractivity contribution is 5.85. The number of carbonyl (C=O) groups is 2. The summed E-state index contributed by atoms with van der Waals surface area (Å²) in [5, 5.41) is 24.0. The molecule has 0 fully saturated rings. The summed E-state index contributed by atoms with van der Waals surface area (Å²) >= 11 is 0. The number of carbonyl (C=O) groups excluding carboxylic acids is 1. The van der Waals surface area contributed by atoms with E-state index in [0.29, 0.717) is 5.56 Å². The van der Waals surface area contributed by atoms with Crippen LogP contribution < -0.4 is 10.6 Å². The lowest BCUT2D eigenvalue weighted by molar-refractivity contribution is -0.385. The average Bonchev–Trinajstić information content (AvgIpc) is 2.44. The van der Waals surface area contributed by atoms with Crippen LogP contribution in [-0.4, -0.2) is 28.1 Å². The second-order valence-corrected chi connectivity index (χ2v) is 4.13. The number of nitro groups is 1. The summed E-state index contributed by atoms with van der Waals surface area (Å²) in [4.78, 5) is 32.8. The zero-order valence-corrected chi connectivity index (χ0v) is 11.1. The molecule has 8 heteroatoms. The van der Waals surface area contributed by atoms with Crippen molar-refractivity contribution in [3.8, 4) is 0 Å². The number of nitrogens with one attached hydrogen (secondary N) is 2. The summed E-state index contributed by atoms with van der Waals surface area (Å²) in [7, 11) is 0. The molecule has 1 aromatic rings. The highest BCUT2D eigenvalue weighted by Gasteiger charge is 2.20. The van der Waals surface area contributed by atoms with Gasteiger partial charge in [0.2, 0.25) is 5.91 Å². The molecule has 0 aromatic heterocycles. The van der Waals surface area contributed by atoms with E-state index in [4.69, 9.17) is 5.11 Å². The number of benzene rings is 1. The van der Waals surface area contributed by atoms with Crippen LogP contribution in [0.15, 0.2) is 36.9 Å². The summed E-state index contributed by atoms with van der Waals surface area (Å²) in [6, 6.07) is 5.01. The van der Waals surface area contributed by atoms with Crippen LogP contribution in [0.3, 0.4) is 0 Å². The molecule has 0 aliphatic heterocycles. The molecule has 8 nitrogen and oxygen atoms in total. The van der Waals surface area contributed by atoms with E-state index >= 15 is 0 Å². The third-order valence-electron chi connectivity index (χ3n) is 2.66. The van der Waals surface area contributed by atoms with Crippen LogP contribution in [0.2, 0.25) is 0 Å². The van der Waals surface area contributed by atoms with Gasteiger partial charge in [0.15, 0.2) is 0 Å². The zero-order valence-electron chi connectivity index (χ0n) is 11.1. The molecule has 1 unspecified atom stereocenters. The Morgan fingerprint density at radius 3 is 2.67 bits per heavy atom. The molecular weight excluding hydrogens is 278 g/mol. The smallest absolute Gasteiger partial charge is 0.405 e. The fraction of sp³-hybridized carbons (Fsp3) is 0.231. The molecule has 21 heavy (non-hydrogen) atoms. The second-order valence-electron chi connectivity index (χ2n) is 4.13. The van der Waals surface area contributed by atoms with E-state index in [2.05, 4.69) is 17.2 Å². The Hall–Kier alpha value is -2.90. The van der Waals surface area contributed by atoms with E-state index in [1.807, 2.05) is 0 Å². The van der Waals surface area contributed by atoms with Gasteiger partial charge in [-0.1, -0.05) is 24.3 Å². The Bertz CT molecular complexity index is 558. The third-order valence-corrected chi connectivity index (χ3v) is 2.66. The van der Waals surface area contributed by atoms with Gasteiger partial charge in [-0.15, -0.1) is 6.58 Å². The number of carboxylic acid groups (broad SMARTS) is 1. The van der Waals surface area contributed by atoms with Gasteiger partial charge in [0, 0.05) is 18.2 Å². The molecule has 0 heterocycles. The summed E-state index contributed by atoms with van der Waals surface area (Å²) in [5.41, 5.74) is 0.229. The maximum absolute atomic E-state index is 11.9. The van der Waals surface area contributed by atoms with Gasteiger partial charge in [-0.25, -0.2) is 4.79 Å². The predicted molar refractivity (Wildman–Crippen MR) is 74.7 cm³/mol. The monoisotopic (exact) mass is 293 g/mol. The van der Waals surface area contributed by atoms with Crippen molar-refractivity contribution in [2.24, 2.45) is 0 Å². The summed E-state index contributed by atoms with van der Waals surface area (Å²) in [6.07, 6.45) is 0.197. The first-order chi connectivity index (χ1) is 9.95. The molecule has 3 N–H and O–H groups in total. The van der Waals surface area contributed by atoms with Crippen LogP contribution in [0.4, 0.5) is 10.5 Å². The first-order valence-corrected chi connectivity index (χ1v) is 6.06. The number of hydrogen-bond acceptors (Lipinski definition) is 4. The standard InChI is InChI=1S/C13H15N3O5/c1-2-5-10(15-13(18)19)12(17)14-8-9-6-3-4-7-11(9)16(20)21/h2-4,6-7,10,15H,1,5,8H2,(H,14,17)(H,18,19). The SMILES string of the molecule is C=CCC(NC(=O)O)C(=O)NCc1ccccc1[N+](=O)[O-]. The second kappa shape index (κ2) is 7.63. The molecule has 0 radical (unpaired) electrons.